The van der Waals surface area contributed by atoms with Crippen LogP contribution in [-0.2, 0) is 0 Å². The normalized spacial score (nSPS) is 14.8. The summed E-state index contributed by atoms with van der Waals surface area (Å²) in [5, 5.41) is 8.85. The summed E-state index contributed by atoms with van der Waals surface area (Å²) in [6.45, 7) is 3.65. The number of benzene rings is 1. The van der Waals surface area contributed by atoms with Gasteiger partial charge >= 0.3 is 0 Å². The fourth-order valence-electron chi connectivity index (χ4n) is 3.57. The van der Waals surface area contributed by atoms with Crippen molar-refractivity contribution in [2.75, 3.05) is 35.2 Å². The summed E-state index contributed by atoms with van der Waals surface area (Å²) in [4.78, 5) is 10.5. The maximum absolute atomic E-state index is 14.2. The number of nitrogens with one attached hydrogen (secondary N) is 1. The van der Waals surface area contributed by atoms with E-state index >= 15 is 0 Å². The lowest BCUT2D eigenvalue weighted by molar-refractivity contribution is 0.221. The molecule has 4 rings (SSSR count). The minimum Gasteiger partial charge on any atom is -0.486 e. The number of thioether (sulfide) groups is 1. The quantitative estimate of drug-likeness (QED) is 0.390. The van der Waals surface area contributed by atoms with Gasteiger partial charge in [-0.25, -0.2) is 9.37 Å². The first kappa shape index (κ1) is 22.4. The summed E-state index contributed by atoms with van der Waals surface area (Å²) in [5.74, 6) is 3.02. The van der Waals surface area contributed by atoms with Crippen molar-refractivity contribution in [1.29, 1.82) is 5.41 Å². The highest BCUT2D eigenvalue weighted by Gasteiger charge is 2.19. The number of halogens is 2. The van der Waals surface area contributed by atoms with Crippen LogP contribution in [0.15, 0.2) is 48.9 Å². The first-order chi connectivity index (χ1) is 15.4. The van der Waals surface area contributed by atoms with Crippen molar-refractivity contribution in [1.82, 2.24) is 9.97 Å². The van der Waals surface area contributed by atoms with Crippen LogP contribution in [-0.4, -0.2) is 40.3 Å². The van der Waals surface area contributed by atoms with Crippen LogP contribution in [0.5, 0.6) is 5.75 Å². The first-order valence-electron chi connectivity index (χ1n) is 10.2. The van der Waals surface area contributed by atoms with Gasteiger partial charge in [0.05, 0.1) is 16.9 Å². The highest BCUT2D eigenvalue weighted by Crippen LogP contribution is 2.31. The maximum Gasteiger partial charge on any atom is 0.149 e. The Kier molecular flexibility index (Phi) is 6.81. The SMILES string of the molecule is CC(Oc1ccc(N)c(C(=N)c2ccc(N3CCSCC3)nc2)c1)c1c(F)cncc1Cl. The third-order valence-electron chi connectivity index (χ3n) is 5.28. The van der Waals surface area contributed by atoms with E-state index in [2.05, 4.69) is 14.9 Å². The highest BCUT2D eigenvalue weighted by atomic mass is 35.5. The molecule has 1 atom stereocenters. The Labute approximate surface area is 195 Å². The van der Waals surface area contributed by atoms with Gasteiger partial charge in [-0.2, -0.15) is 11.8 Å². The standard InChI is InChI=1S/C23H23ClFN5OS/c1-14(22-18(24)12-28-13-19(22)25)31-16-3-4-20(26)17(10-16)23(27)15-2-5-21(29-11-15)30-6-8-32-9-7-30/h2-5,10-14,27H,6-9,26H2,1H3. The first-order valence-corrected chi connectivity index (χ1v) is 11.7. The van der Waals surface area contributed by atoms with E-state index in [4.69, 9.17) is 27.5 Å². The lowest BCUT2D eigenvalue weighted by atomic mass is 10.0. The average Bonchev–Trinajstić information content (AvgIpc) is 2.80. The number of aromatic nitrogens is 2. The van der Waals surface area contributed by atoms with Gasteiger partial charge in [0.2, 0.25) is 0 Å². The van der Waals surface area contributed by atoms with Crippen LogP contribution in [0.2, 0.25) is 5.02 Å². The van der Waals surface area contributed by atoms with Crippen LogP contribution in [0.4, 0.5) is 15.9 Å². The summed E-state index contributed by atoms with van der Waals surface area (Å²) < 4.78 is 20.1. The average molecular weight is 472 g/mol. The minimum absolute atomic E-state index is 0.194. The number of anilines is 2. The Morgan fingerprint density at radius 3 is 2.69 bits per heavy atom. The van der Waals surface area contributed by atoms with Gasteiger partial charge in [-0.3, -0.25) is 10.4 Å². The van der Waals surface area contributed by atoms with Crippen LogP contribution in [0.3, 0.4) is 0 Å². The molecule has 3 N–H and O–H groups in total. The van der Waals surface area contributed by atoms with E-state index in [0.717, 1.165) is 36.6 Å². The Morgan fingerprint density at radius 2 is 2.00 bits per heavy atom. The molecule has 3 heterocycles. The summed E-state index contributed by atoms with van der Waals surface area (Å²) in [6.07, 6.45) is 3.52. The topological polar surface area (TPSA) is 88.1 Å². The van der Waals surface area contributed by atoms with E-state index in [1.165, 1.54) is 6.20 Å². The second-order valence-corrected chi connectivity index (χ2v) is 9.04. The van der Waals surface area contributed by atoms with Crippen LogP contribution in [0, 0.1) is 11.2 Å². The molecule has 9 heteroatoms. The van der Waals surface area contributed by atoms with Crippen molar-refractivity contribution in [3.05, 3.63) is 76.5 Å². The van der Waals surface area contributed by atoms with E-state index in [1.807, 2.05) is 23.9 Å². The lowest BCUT2D eigenvalue weighted by Gasteiger charge is -2.27. The van der Waals surface area contributed by atoms with E-state index in [-0.39, 0.29) is 16.3 Å². The third-order valence-corrected chi connectivity index (χ3v) is 6.52. The van der Waals surface area contributed by atoms with E-state index < -0.39 is 11.9 Å². The molecule has 6 nitrogen and oxygen atoms in total. The Balaban J connectivity index is 1.54. The van der Waals surface area contributed by atoms with E-state index in [1.54, 1.807) is 31.3 Å². The minimum atomic E-state index is -0.653. The molecule has 0 radical (unpaired) electrons. The van der Waals surface area contributed by atoms with Crippen molar-refractivity contribution in [2.45, 2.75) is 13.0 Å². The molecule has 32 heavy (non-hydrogen) atoms. The lowest BCUT2D eigenvalue weighted by Crippen LogP contribution is -2.33. The second kappa shape index (κ2) is 9.75. The number of rotatable bonds is 6. The molecule has 1 unspecified atom stereocenters. The number of nitrogens with zero attached hydrogens (tertiary/aromatic N) is 3. The Hall–Kier alpha value is -2.84. The largest absolute Gasteiger partial charge is 0.486 e. The summed E-state index contributed by atoms with van der Waals surface area (Å²) in [5.41, 5.74) is 8.23. The molecule has 1 fully saturated rings. The molecule has 1 aromatic carbocycles. The van der Waals surface area contributed by atoms with Gasteiger partial charge < -0.3 is 15.4 Å². The number of nitrogens with two attached hydrogens (primary N) is 1. The van der Waals surface area contributed by atoms with Crippen molar-refractivity contribution < 1.29 is 9.13 Å². The molecule has 2 aromatic heterocycles. The summed E-state index contributed by atoms with van der Waals surface area (Å²) >= 11 is 8.04. The fourth-order valence-corrected chi connectivity index (χ4v) is 4.77. The number of nitrogen functional groups attached to an aromatic ring is 1. The molecule has 0 bridgehead atoms. The smallest absolute Gasteiger partial charge is 0.149 e. The fraction of sp³-hybridized carbons (Fsp3) is 0.261. The number of hydrogen-bond acceptors (Lipinski definition) is 7. The van der Waals surface area contributed by atoms with Crippen molar-refractivity contribution >= 4 is 40.6 Å². The van der Waals surface area contributed by atoms with Crippen LogP contribution in [0.25, 0.3) is 0 Å². The number of hydrogen-bond donors (Lipinski definition) is 2. The molecule has 166 valence electrons. The van der Waals surface area contributed by atoms with Gasteiger partial charge in [0.15, 0.2) is 0 Å². The van der Waals surface area contributed by atoms with Crippen LogP contribution in [0.1, 0.15) is 29.7 Å². The Bertz CT molecular complexity index is 1100. The molecule has 3 aromatic rings. The van der Waals surface area contributed by atoms with Crippen LogP contribution < -0.4 is 15.4 Å². The summed E-state index contributed by atoms with van der Waals surface area (Å²) in [7, 11) is 0. The van der Waals surface area contributed by atoms with Gasteiger partial charge in [0.1, 0.15) is 23.5 Å². The molecule has 0 amide bonds. The molecule has 0 aliphatic carbocycles. The third kappa shape index (κ3) is 4.81. The van der Waals surface area contributed by atoms with Crippen molar-refractivity contribution in [2.24, 2.45) is 0 Å². The maximum atomic E-state index is 14.2. The predicted molar refractivity (Wildman–Crippen MR) is 129 cm³/mol. The monoisotopic (exact) mass is 471 g/mol. The van der Waals surface area contributed by atoms with Gasteiger partial charge in [-0.1, -0.05) is 11.6 Å². The molecular weight excluding hydrogens is 449 g/mol. The van der Waals surface area contributed by atoms with Crippen molar-refractivity contribution in [3.8, 4) is 5.75 Å². The molecule has 1 aliphatic heterocycles. The zero-order chi connectivity index (χ0) is 22.7. The van der Waals surface area contributed by atoms with Crippen LogP contribution >= 0.6 is 23.4 Å². The predicted octanol–water partition coefficient (Wildman–Crippen LogP) is 4.96. The van der Waals surface area contributed by atoms with Gasteiger partial charge in [-0.05, 0) is 37.3 Å². The van der Waals surface area contributed by atoms with Gasteiger partial charge in [0.25, 0.3) is 0 Å². The van der Waals surface area contributed by atoms with Crippen molar-refractivity contribution in [3.63, 3.8) is 0 Å². The van der Waals surface area contributed by atoms with Gasteiger partial charge in [0, 0.05) is 59.4 Å². The molecule has 0 spiro atoms. The zero-order valence-electron chi connectivity index (χ0n) is 17.5. The molecule has 0 saturated carbocycles. The highest BCUT2D eigenvalue weighted by molar-refractivity contribution is 7.99. The van der Waals surface area contributed by atoms with Gasteiger partial charge in [-0.15, -0.1) is 0 Å². The Morgan fingerprint density at radius 1 is 1.22 bits per heavy atom. The molecule has 1 saturated heterocycles. The molecular formula is C23H23ClFN5OS. The summed E-state index contributed by atoms with van der Waals surface area (Å²) in [6, 6.07) is 8.85. The second-order valence-electron chi connectivity index (χ2n) is 7.41. The molecule has 1 aliphatic rings. The zero-order valence-corrected chi connectivity index (χ0v) is 19.1. The number of ether oxygens (including phenoxy) is 1. The van der Waals surface area contributed by atoms with E-state index in [9.17, 15) is 4.39 Å². The number of pyridine rings is 2. The van der Waals surface area contributed by atoms with E-state index in [0.29, 0.717) is 22.6 Å².